The van der Waals surface area contributed by atoms with E-state index in [1.165, 1.54) is 34.8 Å². The van der Waals surface area contributed by atoms with Crippen molar-refractivity contribution in [3.63, 3.8) is 0 Å². The van der Waals surface area contributed by atoms with E-state index in [1.54, 1.807) is 36.4 Å². The van der Waals surface area contributed by atoms with Crippen molar-refractivity contribution < 1.29 is 8.42 Å². The summed E-state index contributed by atoms with van der Waals surface area (Å²) in [5, 5.41) is 9.62. The summed E-state index contributed by atoms with van der Waals surface area (Å²) in [6.07, 6.45) is 0. The Labute approximate surface area is 177 Å². The number of aromatic nitrogens is 3. The Morgan fingerprint density at radius 2 is 1.89 bits per heavy atom. The van der Waals surface area contributed by atoms with Crippen LogP contribution in [0, 0.1) is 0 Å². The Kier molecular flexibility index (Phi) is 6.21. The van der Waals surface area contributed by atoms with Crippen LogP contribution in [0.1, 0.15) is 5.56 Å². The van der Waals surface area contributed by atoms with Crippen LogP contribution >= 0.6 is 35.0 Å². The van der Waals surface area contributed by atoms with Crippen LogP contribution in [0.5, 0.6) is 0 Å². The lowest BCUT2D eigenvalue weighted by Crippen LogP contribution is -2.22. The summed E-state index contributed by atoms with van der Waals surface area (Å²) in [5.41, 5.74) is 1.44. The van der Waals surface area contributed by atoms with Crippen molar-refractivity contribution in [3.05, 3.63) is 58.1 Å². The molecule has 2 aromatic carbocycles. The monoisotopic (exact) mass is 457 g/mol. The van der Waals surface area contributed by atoms with Crippen LogP contribution in [0.3, 0.4) is 0 Å². The number of hydrogen-bond acceptors (Lipinski definition) is 6. The molecule has 148 valence electrons. The van der Waals surface area contributed by atoms with E-state index in [2.05, 4.69) is 10.2 Å². The molecule has 11 heteroatoms. The summed E-state index contributed by atoms with van der Waals surface area (Å²) in [6.45, 7) is 0. The summed E-state index contributed by atoms with van der Waals surface area (Å²) in [5.74, 6) is 7.00. The number of benzene rings is 2. The molecule has 0 aliphatic rings. The number of nitrogens with two attached hydrogens (primary N) is 1. The van der Waals surface area contributed by atoms with E-state index in [0.29, 0.717) is 32.3 Å². The Bertz CT molecular complexity index is 1120. The molecule has 0 spiro atoms. The summed E-state index contributed by atoms with van der Waals surface area (Å²) in [4.78, 5) is 0.235. The molecule has 28 heavy (non-hydrogen) atoms. The molecule has 3 rings (SSSR count). The van der Waals surface area contributed by atoms with Gasteiger partial charge in [0.15, 0.2) is 5.82 Å². The molecule has 0 saturated heterocycles. The van der Waals surface area contributed by atoms with Gasteiger partial charge in [-0.3, -0.25) is 0 Å². The number of nitrogens with zero attached hydrogens (tertiary/aromatic N) is 4. The van der Waals surface area contributed by atoms with E-state index in [1.807, 2.05) is 6.07 Å². The van der Waals surface area contributed by atoms with E-state index in [0.717, 1.165) is 5.56 Å². The number of thioether (sulfide) groups is 1. The zero-order chi connectivity index (χ0) is 20.5. The second kappa shape index (κ2) is 8.30. The normalized spacial score (nSPS) is 11.9. The van der Waals surface area contributed by atoms with Crippen LogP contribution in [0.15, 0.2) is 52.5 Å². The Morgan fingerprint density at radius 3 is 2.57 bits per heavy atom. The minimum atomic E-state index is -3.49. The van der Waals surface area contributed by atoms with Crippen molar-refractivity contribution in [2.24, 2.45) is 0 Å². The lowest BCUT2D eigenvalue weighted by atomic mass is 10.2. The van der Waals surface area contributed by atoms with Crippen LogP contribution in [0.4, 0.5) is 0 Å². The third-order valence-corrected chi connectivity index (χ3v) is 7.25. The number of hydrogen-bond donors (Lipinski definition) is 1. The quantitative estimate of drug-likeness (QED) is 0.449. The fraction of sp³-hybridized carbons (Fsp3) is 0.176. The predicted molar refractivity (Wildman–Crippen MR) is 113 cm³/mol. The van der Waals surface area contributed by atoms with Gasteiger partial charge in [0.1, 0.15) is 0 Å². The first kappa shape index (κ1) is 20.9. The molecule has 0 atom stereocenters. The third kappa shape index (κ3) is 4.28. The molecule has 2 N–H and O–H groups in total. The smallest absolute Gasteiger partial charge is 0.242 e. The molecule has 1 heterocycles. The minimum Gasteiger partial charge on any atom is -0.335 e. The standard InChI is InChI=1S/C17H17Cl2N5O2S2/c1-23(2)28(25,26)13-5-3-4-11(8-13)10-27-17-22-21-16(24(17)20)14-7-6-12(18)9-15(14)19/h3-9H,10,20H2,1-2H3. The van der Waals surface area contributed by atoms with Crippen LogP contribution in [0.25, 0.3) is 11.4 Å². The molecule has 7 nitrogen and oxygen atoms in total. The number of halogens is 2. The average molecular weight is 458 g/mol. The lowest BCUT2D eigenvalue weighted by molar-refractivity contribution is 0.520. The fourth-order valence-corrected chi connectivity index (χ4v) is 4.65. The molecule has 0 amide bonds. The molecule has 0 aliphatic carbocycles. The predicted octanol–water partition coefficient (Wildman–Crippen LogP) is 3.51. The molecule has 0 aliphatic heterocycles. The minimum absolute atomic E-state index is 0.235. The highest BCUT2D eigenvalue weighted by atomic mass is 35.5. The van der Waals surface area contributed by atoms with Gasteiger partial charge in [0.2, 0.25) is 15.2 Å². The first-order valence-corrected chi connectivity index (χ1v) is 11.2. The highest BCUT2D eigenvalue weighted by Gasteiger charge is 2.18. The summed E-state index contributed by atoms with van der Waals surface area (Å²) in [7, 11) is -0.496. The fourth-order valence-electron chi connectivity index (χ4n) is 2.38. The van der Waals surface area contributed by atoms with Crippen molar-refractivity contribution in [3.8, 4) is 11.4 Å². The SMILES string of the molecule is CN(C)S(=O)(=O)c1cccc(CSc2nnc(-c3ccc(Cl)cc3Cl)n2N)c1. The maximum atomic E-state index is 12.3. The van der Waals surface area contributed by atoms with Crippen LogP contribution in [0.2, 0.25) is 10.0 Å². The Balaban J connectivity index is 1.81. The molecule has 1 aromatic heterocycles. The molecular weight excluding hydrogens is 441 g/mol. The van der Waals surface area contributed by atoms with Gasteiger partial charge in [0, 0.05) is 30.4 Å². The van der Waals surface area contributed by atoms with Crippen molar-refractivity contribution in [1.29, 1.82) is 0 Å². The van der Waals surface area contributed by atoms with E-state index in [-0.39, 0.29) is 4.90 Å². The number of nitrogen functional groups attached to an aromatic ring is 1. The second-order valence-electron chi connectivity index (χ2n) is 6.02. The van der Waals surface area contributed by atoms with E-state index in [9.17, 15) is 8.42 Å². The van der Waals surface area contributed by atoms with Crippen LogP contribution in [-0.2, 0) is 15.8 Å². The van der Waals surface area contributed by atoms with Crippen LogP contribution in [-0.4, -0.2) is 41.7 Å². The molecule has 0 bridgehead atoms. The van der Waals surface area contributed by atoms with Gasteiger partial charge in [0.05, 0.1) is 9.92 Å². The molecule has 0 unspecified atom stereocenters. The first-order chi connectivity index (χ1) is 13.2. The van der Waals surface area contributed by atoms with Gasteiger partial charge in [-0.15, -0.1) is 10.2 Å². The van der Waals surface area contributed by atoms with E-state index < -0.39 is 10.0 Å². The van der Waals surface area contributed by atoms with Crippen molar-refractivity contribution >= 4 is 45.0 Å². The van der Waals surface area contributed by atoms with Crippen molar-refractivity contribution in [2.75, 3.05) is 19.9 Å². The second-order valence-corrected chi connectivity index (χ2v) is 9.96. The summed E-state index contributed by atoms with van der Waals surface area (Å²) in [6, 6.07) is 11.8. The number of sulfonamides is 1. The third-order valence-electron chi connectivity index (χ3n) is 3.88. The van der Waals surface area contributed by atoms with Gasteiger partial charge in [-0.1, -0.05) is 47.1 Å². The van der Waals surface area contributed by atoms with E-state index in [4.69, 9.17) is 29.0 Å². The van der Waals surface area contributed by atoms with Gasteiger partial charge >= 0.3 is 0 Å². The Hall–Kier alpha value is -1.78. The Morgan fingerprint density at radius 1 is 1.14 bits per heavy atom. The van der Waals surface area contributed by atoms with Crippen molar-refractivity contribution in [1.82, 2.24) is 19.2 Å². The maximum Gasteiger partial charge on any atom is 0.242 e. The van der Waals surface area contributed by atoms with Crippen molar-refractivity contribution in [2.45, 2.75) is 15.8 Å². The maximum absolute atomic E-state index is 12.3. The molecule has 0 radical (unpaired) electrons. The highest BCUT2D eigenvalue weighted by Crippen LogP contribution is 2.31. The van der Waals surface area contributed by atoms with Gasteiger partial charge < -0.3 is 5.84 Å². The zero-order valence-corrected chi connectivity index (χ0v) is 18.1. The summed E-state index contributed by atoms with van der Waals surface area (Å²) < 4.78 is 27.1. The van der Waals surface area contributed by atoms with Crippen LogP contribution < -0.4 is 5.84 Å². The zero-order valence-electron chi connectivity index (χ0n) is 15.0. The summed E-state index contributed by atoms with van der Waals surface area (Å²) >= 11 is 13.5. The molecular formula is C17H17Cl2N5O2S2. The van der Waals surface area contributed by atoms with Gasteiger partial charge in [0.25, 0.3) is 0 Å². The molecule has 0 fully saturated rings. The largest absolute Gasteiger partial charge is 0.335 e. The molecule has 3 aromatic rings. The molecule has 0 saturated carbocycles. The van der Waals surface area contributed by atoms with Gasteiger partial charge in [-0.05, 0) is 35.9 Å². The van der Waals surface area contributed by atoms with Gasteiger partial charge in [-0.2, -0.15) is 0 Å². The van der Waals surface area contributed by atoms with Gasteiger partial charge in [-0.25, -0.2) is 17.4 Å². The first-order valence-electron chi connectivity index (χ1n) is 8.00. The van der Waals surface area contributed by atoms with E-state index >= 15 is 0 Å². The lowest BCUT2D eigenvalue weighted by Gasteiger charge is -2.12. The topological polar surface area (TPSA) is 94.1 Å². The average Bonchev–Trinajstić information content (AvgIpc) is 3.00. The number of rotatable bonds is 6. The highest BCUT2D eigenvalue weighted by molar-refractivity contribution is 7.98.